The van der Waals surface area contributed by atoms with Gasteiger partial charge in [-0.2, -0.15) is 0 Å². The molecule has 2 aromatic carbocycles. The number of aryl methyl sites for hydroxylation is 1. The first-order chi connectivity index (χ1) is 10.7. The summed E-state index contributed by atoms with van der Waals surface area (Å²) in [6, 6.07) is 16.5. The third kappa shape index (κ3) is 2.83. The van der Waals surface area contributed by atoms with E-state index in [0.29, 0.717) is 0 Å². The molecule has 4 heteroatoms. The van der Waals surface area contributed by atoms with Crippen LogP contribution in [0.25, 0.3) is 11.0 Å². The van der Waals surface area contributed by atoms with E-state index in [-0.39, 0.29) is 6.04 Å². The van der Waals surface area contributed by atoms with E-state index >= 15 is 0 Å². The molecule has 0 unspecified atom stereocenters. The van der Waals surface area contributed by atoms with Crippen LogP contribution in [0.3, 0.4) is 0 Å². The number of aromatic nitrogens is 2. The van der Waals surface area contributed by atoms with Crippen LogP contribution in [0.4, 0.5) is 0 Å². The molecule has 114 valence electrons. The largest absolute Gasteiger partial charge is 0.497 e. The highest BCUT2D eigenvalue weighted by atomic mass is 16.5. The Balaban J connectivity index is 1.72. The van der Waals surface area contributed by atoms with E-state index in [9.17, 15) is 0 Å². The van der Waals surface area contributed by atoms with Crippen LogP contribution in [0.5, 0.6) is 5.75 Å². The Hall–Kier alpha value is -2.33. The zero-order chi connectivity index (χ0) is 15.5. The Morgan fingerprint density at radius 2 is 1.86 bits per heavy atom. The lowest BCUT2D eigenvalue weighted by Gasteiger charge is -2.14. The van der Waals surface area contributed by atoms with Crippen molar-refractivity contribution in [3.8, 4) is 5.75 Å². The molecule has 0 saturated heterocycles. The summed E-state index contributed by atoms with van der Waals surface area (Å²) in [5.74, 6) is 1.93. The molecule has 0 aliphatic carbocycles. The summed E-state index contributed by atoms with van der Waals surface area (Å²) >= 11 is 0. The van der Waals surface area contributed by atoms with Gasteiger partial charge in [0.2, 0.25) is 0 Å². The minimum Gasteiger partial charge on any atom is -0.497 e. The average molecular weight is 295 g/mol. The molecular formula is C18H21N3O. The van der Waals surface area contributed by atoms with Gasteiger partial charge in [-0.3, -0.25) is 0 Å². The third-order valence-electron chi connectivity index (χ3n) is 3.98. The van der Waals surface area contributed by atoms with Crippen molar-refractivity contribution in [2.24, 2.45) is 7.05 Å². The molecule has 3 aromatic rings. The molecule has 22 heavy (non-hydrogen) atoms. The lowest BCUT2D eigenvalue weighted by atomic mass is 10.2. The molecule has 1 heterocycles. The highest BCUT2D eigenvalue weighted by molar-refractivity contribution is 5.75. The summed E-state index contributed by atoms with van der Waals surface area (Å²) in [6.45, 7) is 2.94. The van der Waals surface area contributed by atoms with Gasteiger partial charge in [0.15, 0.2) is 0 Å². The van der Waals surface area contributed by atoms with E-state index in [2.05, 4.69) is 48.1 Å². The van der Waals surface area contributed by atoms with Crippen molar-refractivity contribution in [1.29, 1.82) is 0 Å². The van der Waals surface area contributed by atoms with E-state index < -0.39 is 0 Å². The highest BCUT2D eigenvalue weighted by Crippen LogP contribution is 2.19. The Morgan fingerprint density at radius 1 is 1.14 bits per heavy atom. The van der Waals surface area contributed by atoms with Crippen LogP contribution in [0.15, 0.2) is 48.5 Å². The summed E-state index contributed by atoms with van der Waals surface area (Å²) in [5.41, 5.74) is 3.43. The smallest absolute Gasteiger partial charge is 0.126 e. The summed E-state index contributed by atoms with van der Waals surface area (Å²) in [7, 11) is 3.75. The predicted molar refractivity (Wildman–Crippen MR) is 89.0 cm³/mol. The second kappa shape index (κ2) is 6.20. The lowest BCUT2D eigenvalue weighted by Crippen LogP contribution is -2.21. The molecule has 0 aliphatic rings. The number of hydrogen-bond donors (Lipinski definition) is 1. The minimum atomic E-state index is 0.180. The van der Waals surface area contributed by atoms with Gasteiger partial charge >= 0.3 is 0 Å². The predicted octanol–water partition coefficient (Wildman–Crippen LogP) is 3.43. The topological polar surface area (TPSA) is 39.1 Å². The zero-order valence-corrected chi connectivity index (χ0v) is 13.2. The molecule has 3 rings (SSSR count). The van der Waals surface area contributed by atoms with Gasteiger partial charge in [0.25, 0.3) is 0 Å². The number of benzene rings is 2. The van der Waals surface area contributed by atoms with E-state index in [1.165, 1.54) is 5.56 Å². The second-order valence-electron chi connectivity index (χ2n) is 5.47. The summed E-state index contributed by atoms with van der Waals surface area (Å²) in [5, 5.41) is 3.53. The van der Waals surface area contributed by atoms with Crippen LogP contribution >= 0.6 is 0 Å². The maximum Gasteiger partial charge on any atom is 0.126 e. The molecule has 0 aliphatic heterocycles. The van der Waals surface area contributed by atoms with Crippen molar-refractivity contribution in [1.82, 2.24) is 14.9 Å². The molecule has 0 bridgehead atoms. The number of nitrogens with one attached hydrogen (secondary N) is 1. The van der Waals surface area contributed by atoms with Crippen LogP contribution < -0.4 is 10.1 Å². The maximum atomic E-state index is 5.18. The quantitative estimate of drug-likeness (QED) is 0.784. The number of hydrogen-bond acceptors (Lipinski definition) is 3. The number of ether oxygens (including phenoxy) is 1. The molecule has 1 atom stereocenters. The first-order valence-electron chi connectivity index (χ1n) is 7.46. The molecule has 1 aromatic heterocycles. The van der Waals surface area contributed by atoms with Crippen molar-refractivity contribution < 1.29 is 4.74 Å². The van der Waals surface area contributed by atoms with Gasteiger partial charge in [0, 0.05) is 13.6 Å². The van der Waals surface area contributed by atoms with E-state index in [0.717, 1.165) is 29.2 Å². The third-order valence-corrected chi connectivity index (χ3v) is 3.98. The minimum absolute atomic E-state index is 0.180. The lowest BCUT2D eigenvalue weighted by molar-refractivity contribution is 0.414. The molecular weight excluding hydrogens is 274 g/mol. The van der Waals surface area contributed by atoms with Crippen LogP contribution in [0, 0.1) is 0 Å². The van der Waals surface area contributed by atoms with Gasteiger partial charge in [0.1, 0.15) is 11.6 Å². The fraction of sp³-hybridized carbons (Fsp3) is 0.278. The van der Waals surface area contributed by atoms with Gasteiger partial charge in [-0.25, -0.2) is 4.98 Å². The van der Waals surface area contributed by atoms with E-state index in [1.807, 2.05) is 24.3 Å². The van der Waals surface area contributed by atoms with Gasteiger partial charge in [-0.15, -0.1) is 0 Å². The van der Waals surface area contributed by atoms with Gasteiger partial charge in [-0.05, 0) is 36.8 Å². The highest BCUT2D eigenvalue weighted by Gasteiger charge is 2.13. The molecule has 0 saturated carbocycles. The summed E-state index contributed by atoms with van der Waals surface area (Å²) in [4.78, 5) is 4.73. The van der Waals surface area contributed by atoms with Crippen LogP contribution in [0.2, 0.25) is 0 Å². The van der Waals surface area contributed by atoms with Gasteiger partial charge < -0.3 is 14.6 Å². The SMILES string of the molecule is COc1ccc(CN[C@@H](C)c2nc3ccccc3n2C)cc1. The van der Waals surface area contributed by atoms with Gasteiger partial charge in [0.05, 0.1) is 24.2 Å². The van der Waals surface area contributed by atoms with Crippen LogP contribution in [0.1, 0.15) is 24.4 Å². The molecule has 0 radical (unpaired) electrons. The van der Waals surface area contributed by atoms with Crippen LogP contribution in [-0.4, -0.2) is 16.7 Å². The van der Waals surface area contributed by atoms with Crippen molar-refractivity contribution in [3.05, 3.63) is 59.9 Å². The zero-order valence-electron chi connectivity index (χ0n) is 13.2. The first-order valence-corrected chi connectivity index (χ1v) is 7.46. The molecule has 0 fully saturated rings. The average Bonchev–Trinajstić information content (AvgIpc) is 2.90. The standard InChI is InChI=1S/C18H21N3O/c1-13(19-12-14-8-10-15(22-3)11-9-14)18-20-16-6-4-5-7-17(16)21(18)2/h4-11,13,19H,12H2,1-3H3/t13-/m0/s1. The second-order valence-corrected chi connectivity index (χ2v) is 5.47. The molecule has 1 N–H and O–H groups in total. The molecule has 0 amide bonds. The van der Waals surface area contributed by atoms with Crippen LogP contribution in [-0.2, 0) is 13.6 Å². The Labute approximate surface area is 130 Å². The monoisotopic (exact) mass is 295 g/mol. The van der Waals surface area contributed by atoms with Crippen molar-refractivity contribution >= 4 is 11.0 Å². The number of methoxy groups -OCH3 is 1. The number of rotatable bonds is 5. The molecule has 0 spiro atoms. The Kier molecular flexibility index (Phi) is 4.11. The van der Waals surface area contributed by atoms with E-state index in [1.54, 1.807) is 7.11 Å². The maximum absolute atomic E-state index is 5.18. The Bertz CT molecular complexity index is 762. The van der Waals surface area contributed by atoms with E-state index in [4.69, 9.17) is 9.72 Å². The van der Waals surface area contributed by atoms with Crippen molar-refractivity contribution in [2.45, 2.75) is 19.5 Å². The normalized spacial score (nSPS) is 12.5. The number of imidazole rings is 1. The first kappa shape index (κ1) is 14.6. The Morgan fingerprint density at radius 3 is 2.55 bits per heavy atom. The summed E-state index contributed by atoms with van der Waals surface area (Å²) in [6.07, 6.45) is 0. The fourth-order valence-electron chi connectivity index (χ4n) is 2.66. The number of para-hydroxylation sites is 2. The number of fused-ring (bicyclic) bond motifs is 1. The molecule has 4 nitrogen and oxygen atoms in total. The fourth-order valence-corrected chi connectivity index (χ4v) is 2.66. The van der Waals surface area contributed by atoms with Crippen molar-refractivity contribution in [3.63, 3.8) is 0 Å². The summed E-state index contributed by atoms with van der Waals surface area (Å²) < 4.78 is 7.33. The van der Waals surface area contributed by atoms with Gasteiger partial charge in [-0.1, -0.05) is 24.3 Å². The number of nitrogens with zero attached hydrogens (tertiary/aromatic N) is 2. The van der Waals surface area contributed by atoms with Crippen molar-refractivity contribution in [2.75, 3.05) is 7.11 Å².